The van der Waals surface area contributed by atoms with Gasteiger partial charge in [-0.15, -0.1) is 0 Å². The standard InChI is InChI=1S/C11H17N3O3/c1-11(2,3)17-10(16)14-8-6-12-9(4-5-15)13-7-8/h6-7,15H,4-5H2,1-3H3,(H,14,16). The van der Waals surface area contributed by atoms with Crippen LogP contribution in [0, 0.1) is 0 Å². The lowest BCUT2D eigenvalue weighted by Gasteiger charge is -2.19. The van der Waals surface area contributed by atoms with E-state index in [1.54, 1.807) is 20.8 Å². The number of carbonyl (C=O) groups is 1. The molecule has 2 N–H and O–H groups in total. The lowest BCUT2D eigenvalue weighted by atomic mass is 10.2. The predicted octanol–water partition coefficient (Wildman–Crippen LogP) is 1.36. The zero-order valence-corrected chi connectivity index (χ0v) is 10.2. The number of aromatic nitrogens is 2. The summed E-state index contributed by atoms with van der Waals surface area (Å²) in [5.74, 6) is 0.530. The molecule has 0 saturated heterocycles. The van der Waals surface area contributed by atoms with Crippen LogP contribution < -0.4 is 5.32 Å². The molecule has 1 aromatic rings. The summed E-state index contributed by atoms with van der Waals surface area (Å²) in [5, 5.41) is 11.2. The first-order valence-electron chi connectivity index (χ1n) is 5.32. The third kappa shape index (κ3) is 5.26. The summed E-state index contributed by atoms with van der Waals surface area (Å²) in [7, 11) is 0. The molecule has 0 aliphatic carbocycles. The van der Waals surface area contributed by atoms with E-state index in [0.29, 0.717) is 17.9 Å². The number of anilines is 1. The fraction of sp³-hybridized carbons (Fsp3) is 0.545. The number of nitrogens with zero attached hydrogens (tertiary/aromatic N) is 2. The van der Waals surface area contributed by atoms with E-state index >= 15 is 0 Å². The van der Waals surface area contributed by atoms with E-state index < -0.39 is 11.7 Å². The Morgan fingerprint density at radius 2 is 2.00 bits per heavy atom. The van der Waals surface area contributed by atoms with Crippen LogP contribution in [0.25, 0.3) is 0 Å². The van der Waals surface area contributed by atoms with Crippen molar-refractivity contribution in [3.63, 3.8) is 0 Å². The third-order valence-electron chi connectivity index (χ3n) is 1.69. The lowest BCUT2D eigenvalue weighted by molar-refractivity contribution is 0.0636. The van der Waals surface area contributed by atoms with Crippen molar-refractivity contribution in [2.45, 2.75) is 32.8 Å². The third-order valence-corrected chi connectivity index (χ3v) is 1.69. The molecule has 6 nitrogen and oxygen atoms in total. The van der Waals surface area contributed by atoms with Crippen LogP contribution in [0.4, 0.5) is 10.5 Å². The molecule has 0 radical (unpaired) electrons. The molecule has 1 heterocycles. The molecule has 1 rings (SSSR count). The number of rotatable bonds is 3. The second kappa shape index (κ2) is 5.58. The number of hydrogen-bond donors (Lipinski definition) is 2. The van der Waals surface area contributed by atoms with Crippen molar-refractivity contribution >= 4 is 11.8 Å². The Morgan fingerprint density at radius 3 is 2.47 bits per heavy atom. The normalized spacial score (nSPS) is 11.1. The first kappa shape index (κ1) is 13.4. The Kier molecular flexibility index (Phi) is 4.39. The SMILES string of the molecule is CC(C)(C)OC(=O)Nc1cnc(CCO)nc1. The van der Waals surface area contributed by atoms with Gasteiger partial charge in [-0.1, -0.05) is 0 Å². The monoisotopic (exact) mass is 239 g/mol. The zero-order chi connectivity index (χ0) is 12.9. The van der Waals surface area contributed by atoms with Crippen LogP contribution in [0.1, 0.15) is 26.6 Å². The van der Waals surface area contributed by atoms with Gasteiger partial charge >= 0.3 is 6.09 Å². The van der Waals surface area contributed by atoms with Crippen molar-refractivity contribution in [2.75, 3.05) is 11.9 Å². The molecule has 0 aromatic carbocycles. The van der Waals surface area contributed by atoms with Crippen LogP contribution in [0.3, 0.4) is 0 Å². The van der Waals surface area contributed by atoms with E-state index in [0.717, 1.165) is 0 Å². The minimum absolute atomic E-state index is 0.00115. The fourth-order valence-electron chi connectivity index (χ4n) is 1.07. The van der Waals surface area contributed by atoms with Crippen molar-refractivity contribution in [3.05, 3.63) is 18.2 Å². The number of carbonyl (C=O) groups excluding carboxylic acids is 1. The molecule has 0 spiro atoms. The number of amides is 1. The summed E-state index contributed by atoms with van der Waals surface area (Å²) in [6.45, 7) is 5.35. The summed E-state index contributed by atoms with van der Waals surface area (Å²) < 4.78 is 5.07. The molecule has 0 unspecified atom stereocenters. The van der Waals surface area contributed by atoms with Crippen LogP contribution in [-0.4, -0.2) is 33.4 Å². The molecule has 94 valence electrons. The molecular formula is C11H17N3O3. The van der Waals surface area contributed by atoms with Crippen LogP contribution in [0.15, 0.2) is 12.4 Å². The molecule has 0 saturated carbocycles. The number of aliphatic hydroxyl groups is 1. The maximum absolute atomic E-state index is 11.4. The van der Waals surface area contributed by atoms with Gasteiger partial charge in [0.15, 0.2) is 0 Å². The molecule has 0 atom stereocenters. The Balaban J connectivity index is 2.54. The molecule has 17 heavy (non-hydrogen) atoms. The van der Waals surface area contributed by atoms with Crippen molar-refractivity contribution in [1.29, 1.82) is 0 Å². The summed E-state index contributed by atoms with van der Waals surface area (Å²) >= 11 is 0. The average molecular weight is 239 g/mol. The van der Waals surface area contributed by atoms with Gasteiger partial charge in [0.05, 0.1) is 24.7 Å². The van der Waals surface area contributed by atoms with Crippen LogP contribution in [0.5, 0.6) is 0 Å². The average Bonchev–Trinajstić information content (AvgIpc) is 2.18. The van der Waals surface area contributed by atoms with Gasteiger partial charge < -0.3 is 9.84 Å². The number of aliphatic hydroxyl groups excluding tert-OH is 1. The van der Waals surface area contributed by atoms with E-state index in [9.17, 15) is 4.79 Å². The summed E-state index contributed by atoms with van der Waals surface area (Å²) in [6, 6.07) is 0. The maximum Gasteiger partial charge on any atom is 0.412 e. The first-order valence-corrected chi connectivity index (χ1v) is 5.32. The highest BCUT2D eigenvalue weighted by atomic mass is 16.6. The highest BCUT2D eigenvalue weighted by Crippen LogP contribution is 2.10. The highest BCUT2D eigenvalue weighted by Gasteiger charge is 2.16. The number of hydrogen-bond acceptors (Lipinski definition) is 5. The van der Waals surface area contributed by atoms with E-state index in [2.05, 4.69) is 15.3 Å². The van der Waals surface area contributed by atoms with Gasteiger partial charge in [0, 0.05) is 6.42 Å². The molecule has 0 aliphatic heterocycles. The Hall–Kier alpha value is -1.69. The van der Waals surface area contributed by atoms with Crippen molar-refractivity contribution < 1.29 is 14.6 Å². The Morgan fingerprint density at radius 1 is 1.41 bits per heavy atom. The van der Waals surface area contributed by atoms with E-state index in [4.69, 9.17) is 9.84 Å². The maximum atomic E-state index is 11.4. The van der Waals surface area contributed by atoms with Crippen molar-refractivity contribution in [3.8, 4) is 0 Å². The van der Waals surface area contributed by atoms with E-state index in [1.165, 1.54) is 12.4 Å². The molecule has 6 heteroatoms. The van der Waals surface area contributed by atoms with Gasteiger partial charge in [-0.25, -0.2) is 14.8 Å². The first-order chi connectivity index (χ1) is 7.90. The summed E-state index contributed by atoms with van der Waals surface area (Å²) in [6.07, 6.45) is 2.80. The predicted molar refractivity (Wildman–Crippen MR) is 62.7 cm³/mol. The Labute approximate surface area is 100 Å². The Bertz CT molecular complexity index is 371. The summed E-state index contributed by atoms with van der Waals surface area (Å²) in [5.41, 5.74) is -0.0807. The van der Waals surface area contributed by atoms with E-state index in [1.807, 2.05) is 0 Å². The molecule has 1 amide bonds. The van der Waals surface area contributed by atoms with Crippen LogP contribution >= 0.6 is 0 Å². The van der Waals surface area contributed by atoms with Crippen LogP contribution in [-0.2, 0) is 11.2 Å². The molecule has 0 bridgehead atoms. The van der Waals surface area contributed by atoms with Gasteiger partial charge in [-0.3, -0.25) is 5.32 Å². The minimum Gasteiger partial charge on any atom is -0.444 e. The lowest BCUT2D eigenvalue weighted by Crippen LogP contribution is -2.27. The zero-order valence-electron chi connectivity index (χ0n) is 10.2. The molecule has 0 fully saturated rings. The van der Waals surface area contributed by atoms with E-state index in [-0.39, 0.29) is 6.61 Å². The molecule has 0 aliphatic rings. The second-order valence-electron chi connectivity index (χ2n) is 4.49. The fourth-order valence-corrected chi connectivity index (χ4v) is 1.07. The largest absolute Gasteiger partial charge is 0.444 e. The second-order valence-corrected chi connectivity index (χ2v) is 4.49. The van der Waals surface area contributed by atoms with Gasteiger partial charge in [-0.2, -0.15) is 0 Å². The minimum atomic E-state index is -0.545. The quantitative estimate of drug-likeness (QED) is 0.832. The van der Waals surface area contributed by atoms with Gasteiger partial charge in [0.25, 0.3) is 0 Å². The van der Waals surface area contributed by atoms with Gasteiger partial charge in [0.2, 0.25) is 0 Å². The molecule has 1 aromatic heterocycles. The molecular weight excluding hydrogens is 222 g/mol. The summed E-state index contributed by atoms with van der Waals surface area (Å²) in [4.78, 5) is 19.4. The van der Waals surface area contributed by atoms with Gasteiger partial charge in [0.1, 0.15) is 11.4 Å². The number of nitrogens with one attached hydrogen (secondary N) is 1. The smallest absolute Gasteiger partial charge is 0.412 e. The van der Waals surface area contributed by atoms with Gasteiger partial charge in [-0.05, 0) is 20.8 Å². The van der Waals surface area contributed by atoms with Crippen molar-refractivity contribution in [1.82, 2.24) is 9.97 Å². The number of ether oxygens (including phenoxy) is 1. The topological polar surface area (TPSA) is 84.3 Å². The van der Waals surface area contributed by atoms with Crippen molar-refractivity contribution in [2.24, 2.45) is 0 Å². The highest BCUT2D eigenvalue weighted by molar-refractivity contribution is 5.84. The van der Waals surface area contributed by atoms with Crippen LogP contribution in [0.2, 0.25) is 0 Å².